The molecule has 0 bridgehead atoms. The van der Waals surface area contributed by atoms with Crippen molar-refractivity contribution in [2.24, 2.45) is 0 Å². The van der Waals surface area contributed by atoms with Gasteiger partial charge in [0.05, 0.1) is 19.1 Å². The minimum Gasteiger partial charge on any atom is -0.468 e. The van der Waals surface area contributed by atoms with Gasteiger partial charge >= 0.3 is 0 Å². The summed E-state index contributed by atoms with van der Waals surface area (Å²) in [4.78, 5) is 15.8. The van der Waals surface area contributed by atoms with Gasteiger partial charge in [-0.2, -0.15) is 4.31 Å². The fraction of sp³-hybridized carbons (Fsp3) is 0.333. The topological polar surface area (TPSA) is 92.5 Å². The molecule has 0 saturated heterocycles. The van der Waals surface area contributed by atoms with E-state index in [0.717, 1.165) is 11.8 Å². The number of hydrogen-bond donors (Lipinski definition) is 1. The van der Waals surface area contributed by atoms with Crippen LogP contribution in [0.2, 0.25) is 0 Å². The normalized spacial score (nSPS) is 11.6. The van der Waals surface area contributed by atoms with Crippen LogP contribution in [0.1, 0.15) is 17.7 Å². The van der Waals surface area contributed by atoms with Crippen LogP contribution in [0.5, 0.6) is 0 Å². The molecule has 124 valence electrons. The molecule has 0 radical (unpaired) electrons. The molecule has 8 heteroatoms. The van der Waals surface area contributed by atoms with Gasteiger partial charge in [0.25, 0.3) is 0 Å². The molecule has 23 heavy (non-hydrogen) atoms. The van der Waals surface area contributed by atoms with Crippen molar-refractivity contribution in [2.75, 3.05) is 12.8 Å². The SMILES string of the molecule is CS(=O)(=O)N(CCC(=O)NCc1cccnc1)Cc1ccco1. The Balaban J connectivity index is 1.84. The molecule has 0 atom stereocenters. The van der Waals surface area contributed by atoms with Crippen molar-refractivity contribution in [3.8, 4) is 0 Å². The molecule has 2 rings (SSSR count). The molecule has 1 N–H and O–H groups in total. The summed E-state index contributed by atoms with van der Waals surface area (Å²) >= 11 is 0. The molecular weight excluding hydrogens is 318 g/mol. The molecule has 0 fully saturated rings. The molecule has 0 aliphatic rings. The van der Waals surface area contributed by atoms with Gasteiger partial charge in [-0.1, -0.05) is 6.07 Å². The van der Waals surface area contributed by atoms with Crippen molar-refractivity contribution >= 4 is 15.9 Å². The quantitative estimate of drug-likeness (QED) is 0.780. The molecule has 0 aliphatic carbocycles. The molecule has 2 aromatic rings. The summed E-state index contributed by atoms with van der Waals surface area (Å²) in [5.74, 6) is 0.313. The van der Waals surface area contributed by atoms with Crippen molar-refractivity contribution < 1.29 is 17.6 Å². The van der Waals surface area contributed by atoms with Crippen LogP contribution in [-0.4, -0.2) is 36.4 Å². The van der Waals surface area contributed by atoms with Crippen LogP contribution in [0.3, 0.4) is 0 Å². The smallest absolute Gasteiger partial charge is 0.221 e. The van der Waals surface area contributed by atoms with E-state index in [2.05, 4.69) is 10.3 Å². The van der Waals surface area contributed by atoms with Crippen LogP contribution < -0.4 is 5.32 Å². The molecule has 2 heterocycles. The van der Waals surface area contributed by atoms with Crippen LogP contribution >= 0.6 is 0 Å². The van der Waals surface area contributed by atoms with Crippen LogP contribution in [0.15, 0.2) is 47.3 Å². The van der Waals surface area contributed by atoms with Gasteiger partial charge in [-0.25, -0.2) is 8.42 Å². The predicted octanol–water partition coefficient (Wildman–Crippen LogP) is 1.14. The third-order valence-corrected chi connectivity index (χ3v) is 4.43. The minimum absolute atomic E-state index is 0.0774. The number of carbonyl (C=O) groups is 1. The fourth-order valence-electron chi connectivity index (χ4n) is 1.96. The first-order chi connectivity index (χ1) is 10.9. The summed E-state index contributed by atoms with van der Waals surface area (Å²) in [6.45, 7) is 0.573. The maximum Gasteiger partial charge on any atom is 0.221 e. The van der Waals surface area contributed by atoms with Crippen molar-refractivity contribution in [2.45, 2.75) is 19.5 Å². The lowest BCUT2D eigenvalue weighted by Crippen LogP contribution is -2.34. The van der Waals surface area contributed by atoms with Crippen LogP contribution in [-0.2, 0) is 27.9 Å². The second kappa shape index (κ2) is 7.89. The number of amides is 1. The molecular formula is C15H19N3O4S. The highest BCUT2D eigenvalue weighted by Crippen LogP contribution is 2.09. The third kappa shape index (κ3) is 5.84. The highest BCUT2D eigenvalue weighted by atomic mass is 32.2. The van der Waals surface area contributed by atoms with E-state index in [9.17, 15) is 13.2 Å². The lowest BCUT2D eigenvalue weighted by atomic mass is 10.3. The molecule has 0 saturated carbocycles. The number of hydrogen-bond acceptors (Lipinski definition) is 5. The lowest BCUT2D eigenvalue weighted by molar-refractivity contribution is -0.121. The first-order valence-electron chi connectivity index (χ1n) is 7.08. The van der Waals surface area contributed by atoms with E-state index >= 15 is 0 Å². The average molecular weight is 337 g/mol. The number of aromatic nitrogens is 1. The van der Waals surface area contributed by atoms with Gasteiger partial charge in [0, 0.05) is 31.9 Å². The predicted molar refractivity (Wildman–Crippen MR) is 84.7 cm³/mol. The van der Waals surface area contributed by atoms with Gasteiger partial charge in [0.1, 0.15) is 5.76 Å². The van der Waals surface area contributed by atoms with E-state index in [-0.39, 0.29) is 25.4 Å². The van der Waals surface area contributed by atoms with Gasteiger partial charge in [-0.3, -0.25) is 9.78 Å². The monoisotopic (exact) mass is 337 g/mol. The van der Waals surface area contributed by atoms with Crippen molar-refractivity contribution in [3.63, 3.8) is 0 Å². The zero-order valence-corrected chi connectivity index (χ0v) is 13.6. The van der Waals surface area contributed by atoms with E-state index in [0.29, 0.717) is 12.3 Å². The molecule has 0 aromatic carbocycles. The fourth-order valence-corrected chi connectivity index (χ4v) is 2.74. The van der Waals surface area contributed by atoms with Gasteiger partial charge in [0.15, 0.2) is 0 Å². The van der Waals surface area contributed by atoms with E-state index in [1.54, 1.807) is 30.6 Å². The number of carbonyl (C=O) groups excluding carboxylic acids is 1. The van der Waals surface area contributed by atoms with E-state index in [1.165, 1.54) is 10.6 Å². The number of furan rings is 1. The van der Waals surface area contributed by atoms with Crippen molar-refractivity contribution in [1.82, 2.24) is 14.6 Å². The Morgan fingerprint density at radius 1 is 1.35 bits per heavy atom. The Morgan fingerprint density at radius 2 is 2.17 bits per heavy atom. The largest absolute Gasteiger partial charge is 0.468 e. The number of rotatable bonds is 8. The van der Waals surface area contributed by atoms with Crippen LogP contribution in [0, 0.1) is 0 Å². The Bertz CT molecular complexity index is 714. The van der Waals surface area contributed by atoms with E-state index in [4.69, 9.17) is 4.42 Å². The molecule has 0 unspecified atom stereocenters. The summed E-state index contributed by atoms with van der Waals surface area (Å²) in [5, 5.41) is 2.74. The Hall–Kier alpha value is -2.19. The third-order valence-electron chi connectivity index (χ3n) is 3.18. The highest BCUT2D eigenvalue weighted by Gasteiger charge is 2.19. The van der Waals surface area contributed by atoms with Crippen LogP contribution in [0.4, 0.5) is 0 Å². The summed E-state index contributed by atoms with van der Waals surface area (Å²) in [6.07, 6.45) is 6.00. The molecule has 2 aromatic heterocycles. The number of nitrogens with one attached hydrogen (secondary N) is 1. The molecule has 1 amide bonds. The van der Waals surface area contributed by atoms with Gasteiger partial charge in [0.2, 0.25) is 15.9 Å². The second-order valence-corrected chi connectivity index (χ2v) is 7.05. The van der Waals surface area contributed by atoms with Gasteiger partial charge < -0.3 is 9.73 Å². The molecule has 7 nitrogen and oxygen atoms in total. The minimum atomic E-state index is -3.42. The molecule has 0 spiro atoms. The standard InChI is InChI=1S/C15H19N3O4S/c1-23(20,21)18(12-14-5-3-9-22-14)8-6-15(19)17-11-13-4-2-7-16-10-13/h2-5,7,9-10H,6,8,11-12H2,1H3,(H,17,19). The number of nitrogens with zero attached hydrogens (tertiary/aromatic N) is 2. The zero-order chi connectivity index (χ0) is 16.7. The highest BCUT2D eigenvalue weighted by molar-refractivity contribution is 7.88. The zero-order valence-electron chi connectivity index (χ0n) is 12.8. The average Bonchev–Trinajstić information content (AvgIpc) is 3.02. The summed E-state index contributed by atoms with van der Waals surface area (Å²) < 4.78 is 30.0. The summed E-state index contributed by atoms with van der Waals surface area (Å²) in [7, 11) is -3.42. The Labute approximate surface area is 135 Å². The lowest BCUT2D eigenvalue weighted by Gasteiger charge is -2.18. The molecule has 0 aliphatic heterocycles. The van der Waals surface area contributed by atoms with E-state index in [1.807, 2.05) is 6.07 Å². The van der Waals surface area contributed by atoms with Gasteiger partial charge in [-0.15, -0.1) is 0 Å². The Kier molecular flexibility index (Phi) is 5.89. The second-order valence-electron chi connectivity index (χ2n) is 5.06. The van der Waals surface area contributed by atoms with E-state index < -0.39 is 10.0 Å². The van der Waals surface area contributed by atoms with Gasteiger partial charge in [-0.05, 0) is 23.8 Å². The number of pyridine rings is 1. The number of sulfonamides is 1. The summed E-state index contributed by atoms with van der Waals surface area (Å²) in [6, 6.07) is 7.03. The van der Waals surface area contributed by atoms with Crippen molar-refractivity contribution in [1.29, 1.82) is 0 Å². The van der Waals surface area contributed by atoms with Crippen LogP contribution in [0.25, 0.3) is 0 Å². The maximum atomic E-state index is 11.9. The maximum absolute atomic E-state index is 11.9. The first kappa shape index (κ1) is 17.2. The van der Waals surface area contributed by atoms with Crippen molar-refractivity contribution in [3.05, 3.63) is 54.2 Å². The Morgan fingerprint density at radius 3 is 2.78 bits per heavy atom. The summed E-state index contributed by atoms with van der Waals surface area (Å²) in [5.41, 5.74) is 0.886. The first-order valence-corrected chi connectivity index (χ1v) is 8.93.